The van der Waals surface area contributed by atoms with E-state index in [-0.39, 0.29) is 11.0 Å². The Bertz CT molecular complexity index is 1000. The number of hydrogen-bond acceptors (Lipinski definition) is 7. The molecule has 1 aliphatic rings. The zero-order chi connectivity index (χ0) is 18.3. The molecule has 0 amide bonds. The third-order valence-corrected chi connectivity index (χ3v) is 5.33. The number of rotatable bonds is 4. The van der Waals surface area contributed by atoms with Gasteiger partial charge in [-0.15, -0.1) is 11.3 Å². The summed E-state index contributed by atoms with van der Waals surface area (Å²) >= 11 is 1.17. The van der Waals surface area contributed by atoms with Crippen LogP contribution in [0, 0.1) is 13.8 Å². The van der Waals surface area contributed by atoms with Crippen molar-refractivity contribution in [3.05, 3.63) is 40.5 Å². The van der Waals surface area contributed by atoms with Crippen LogP contribution in [0.15, 0.2) is 24.3 Å². The monoisotopic (exact) mass is 371 g/mol. The predicted molar refractivity (Wildman–Crippen MR) is 98.7 cm³/mol. The molecular formula is C18H17N3O4S. The van der Waals surface area contributed by atoms with Crippen LogP contribution in [0.4, 0.5) is 5.82 Å². The van der Waals surface area contributed by atoms with Crippen molar-refractivity contribution in [2.45, 2.75) is 20.0 Å². The zero-order valence-electron chi connectivity index (χ0n) is 14.3. The SMILES string of the molecule is Cc1nc(NC[C@@H]2COc3ccccc3O2)c2c(C)c(C(=O)O)sc2n1. The first kappa shape index (κ1) is 16.6. The molecule has 0 saturated heterocycles. The molecule has 4 rings (SSSR count). The lowest BCUT2D eigenvalue weighted by molar-refractivity contribution is 0.0701. The van der Waals surface area contributed by atoms with Crippen molar-refractivity contribution in [2.75, 3.05) is 18.5 Å². The first-order chi connectivity index (χ1) is 12.5. The highest BCUT2D eigenvalue weighted by atomic mass is 32.1. The van der Waals surface area contributed by atoms with Crippen LogP contribution in [-0.4, -0.2) is 40.3 Å². The summed E-state index contributed by atoms with van der Waals surface area (Å²) in [5, 5.41) is 13.4. The summed E-state index contributed by atoms with van der Waals surface area (Å²) < 4.78 is 11.7. The molecule has 8 heteroatoms. The van der Waals surface area contributed by atoms with Crippen LogP contribution >= 0.6 is 11.3 Å². The molecular weight excluding hydrogens is 354 g/mol. The maximum atomic E-state index is 11.4. The Hall–Kier alpha value is -2.87. The van der Waals surface area contributed by atoms with Crippen LogP contribution in [0.2, 0.25) is 0 Å². The maximum absolute atomic E-state index is 11.4. The predicted octanol–water partition coefficient (Wildman–Crippen LogP) is 3.26. The van der Waals surface area contributed by atoms with Crippen molar-refractivity contribution in [3.8, 4) is 11.5 Å². The van der Waals surface area contributed by atoms with Gasteiger partial charge in [0, 0.05) is 0 Å². The quantitative estimate of drug-likeness (QED) is 0.727. The topological polar surface area (TPSA) is 93.6 Å². The molecule has 0 saturated carbocycles. The van der Waals surface area contributed by atoms with Gasteiger partial charge in [-0.2, -0.15) is 0 Å². The first-order valence-electron chi connectivity index (χ1n) is 8.16. The average molecular weight is 371 g/mol. The van der Waals surface area contributed by atoms with E-state index in [1.165, 1.54) is 11.3 Å². The molecule has 2 N–H and O–H groups in total. The van der Waals surface area contributed by atoms with Crippen molar-refractivity contribution in [2.24, 2.45) is 0 Å². The summed E-state index contributed by atoms with van der Waals surface area (Å²) in [5.74, 6) is 1.72. The van der Waals surface area contributed by atoms with Gasteiger partial charge < -0.3 is 19.9 Å². The number of carboxylic acids is 1. The largest absolute Gasteiger partial charge is 0.486 e. The highest BCUT2D eigenvalue weighted by molar-refractivity contribution is 7.20. The summed E-state index contributed by atoms with van der Waals surface area (Å²) in [7, 11) is 0. The van der Waals surface area contributed by atoms with Gasteiger partial charge in [0.05, 0.1) is 11.9 Å². The number of hydrogen-bond donors (Lipinski definition) is 2. The lowest BCUT2D eigenvalue weighted by Crippen LogP contribution is -2.35. The fourth-order valence-corrected chi connectivity index (χ4v) is 4.02. The highest BCUT2D eigenvalue weighted by Gasteiger charge is 2.23. The number of para-hydroxylation sites is 2. The fourth-order valence-electron chi connectivity index (χ4n) is 2.95. The Kier molecular flexibility index (Phi) is 4.12. The van der Waals surface area contributed by atoms with Gasteiger partial charge in [-0.1, -0.05) is 12.1 Å². The number of nitrogens with one attached hydrogen (secondary N) is 1. The van der Waals surface area contributed by atoms with Crippen LogP contribution < -0.4 is 14.8 Å². The van der Waals surface area contributed by atoms with E-state index < -0.39 is 5.97 Å². The minimum absolute atomic E-state index is 0.173. The Morgan fingerprint density at radius 1 is 1.31 bits per heavy atom. The number of nitrogens with zero attached hydrogens (tertiary/aromatic N) is 2. The van der Waals surface area contributed by atoms with Gasteiger partial charge in [-0.3, -0.25) is 0 Å². The summed E-state index contributed by atoms with van der Waals surface area (Å²) in [5.41, 5.74) is 0.672. The molecule has 1 aromatic carbocycles. The van der Waals surface area contributed by atoms with E-state index in [0.717, 1.165) is 16.9 Å². The zero-order valence-corrected chi connectivity index (χ0v) is 15.1. The summed E-state index contributed by atoms with van der Waals surface area (Å²) in [6.45, 7) is 4.48. The molecule has 7 nitrogen and oxygen atoms in total. The molecule has 0 fully saturated rings. The molecule has 134 valence electrons. The number of aromatic carboxylic acids is 1. The van der Waals surface area contributed by atoms with Gasteiger partial charge in [-0.05, 0) is 31.5 Å². The van der Waals surface area contributed by atoms with E-state index in [1.54, 1.807) is 13.8 Å². The van der Waals surface area contributed by atoms with Crippen LogP contribution in [0.1, 0.15) is 21.1 Å². The van der Waals surface area contributed by atoms with Crippen LogP contribution in [0.5, 0.6) is 11.5 Å². The van der Waals surface area contributed by atoms with Gasteiger partial charge in [0.15, 0.2) is 11.5 Å². The highest BCUT2D eigenvalue weighted by Crippen LogP contribution is 2.34. The smallest absolute Gasteiger partial charge is 0.346 e. The number of carboxylic acid groups (broad SMARTS) is 1. The summed E-state index contributed by atoms with van der Waals surface area (Å²) in [4.78, 5) is 21.2. The third-order valence-electron chi connectivity index (χ3n) is 4.16. The van der Waals surface area contributed by atoms with Gasteiger partial charge in [0.1, 0.15) is 34.1 Å². The van der Waals surface area contributed by atoms with Gasteiger partial charge in [-0.25, -0.2) is 14.8 Å². The van der Waals surface area contributed by atoms with Crippen molar-refractivity contribution >= 4 is 33.3 Å². The normalized spacial score (nSPS) is 15.8. The molecule has 26 heavy (non-hydrogen) atoms. The number of thiophene rings is 1. The standard InChI is InChI=1S/C18H17N3O4S/c1-9-14-16(20-10(2)21-17(14)26-15(9)18(22)23)19-7-11-8-24-12-5-3-4-6-13(12)25-11/h3-6,11H,7-8H2,1-2H3,(H,22,23)(H,19,20,21)/t11-/m1/s1. The lowest BCUT2D eigenvalue weighted by atomic mass is 10.2. The fraction of sp³-hybridized carbons (Fsp3) is 0.278. The number of benzene rings is 1. The Balaban J connectivity index is 1.59. The molecule has 3 aromatic rings. The molecule has 0 spiro atoms. The molecule has 1 aliphatic heterocycles. The number of ether oxygens (including phenoxy) is 2. The van der Waals surface area contributed by atoms with Crippen molar-refractivity contribution in [3.63, 3.8) is 0 Å². The van der Waals surface area contributed by atoms with Crippen molar-refractivity contribution in [1.82, 2.24) is 9.97 Å². The average Bonchev–Trinajstić information content (AvgIpc) is 2.96. The summed E-state index contributed by atoms with van der Waals surface area (Å²) in [6.07, 6.45) is -0.173. The van der Waals surface area contributed by atoms with Gasteiger partial charge in [0.25, 0.3) is 0 Å². The van der Waals surface area contributed by atoms with Crippen LogP contribution in [0.25, 0.3) is 10.2 Å². The number of fused-ring (bicyclic) bond motifs is 2. The molecule has 0 radical (unpaired) electrons. The van der Waals surface area contributed by atoms with Gasteiger partial charge in [0.2, 0.25) is 0 Å². The second-order valence-electron chi connectivity index (χ2n) is 6.04. The maximum Gasteiger partial charge on any atom is 0.346 e. The number of aromatic nitrogens is 2. The van der Waals surface area contributed by atoms with E-state index in [0.29, 0.717) is 35.2 Å². The first-order valence-corrected chi connectivity index (χ1v) is 8.98. The molecule has 0 unspecified atom stereocenters. The Morgan fingerprint density at radius 2 is 2.08 bits per heavy atom. The summed E-state index contributed by atoms with van der Waals surface area (Å²) in [6, 6.07) is 7.55. The molecule has 2 aromatic heterocycles. The molecule has 0 bridgehead atoms. The van der Waals surface area contributed by atoms with Crippen LogP contribution in [-0.2, 0) is 0 Å². The second kappa shape index (κ2) is 6.45. The minimum Gasteiger partial charge on any atom is -0.486 e. The van der Waals surface area contributed by atoms with E-state index in [4.69, 9.17) is 9.47 Å². The van der Waals surface area contributed by atoms with Crippen molar-refractivity contribution in [1.29, 1.82) is 0 Å². The second-order valence-corrected chi connectivity index (χ2v) is 7.04. The van der Waals surface area contributed by atoms with E-state index >= 15 is 0 Å². The van der Waals surface area contributed by atoms with Gasteiger partial charge >= 0.3 is 5.97 Å². The minimum atomic E-state index is -0.949. The number of aryl methyl sites for hydroxylation is 2. The Labute approximate surface area is 153 Å². The van der Waals surface area contributed by atoms with E-state index in [2.05, 4.69) is 15.3 Å². The van der Waals surface area contributed by atoms with Crippen molar-refractivity contribution < 1.29 is 19.4 Å². The van der Waals surface area contributed by atoms with E-state index in [1.807, 2.05) is 24.3 Å². The molecule has 1 atom stereocenters. The van der Waals surface area contributed by atoms with E-state index in [9.17, 15) is 9.90 Å². The Morgan fingerprint density at radius 3 is 2.85 bits per heavy atom. The van der Waals surface area contributed by atoms with Crippen LogP contribution in [0.3, 0.4) is 0 Å². The number of carbonyl (C=O) groups is 1. The third kappa shape index (κ3) is 2.92. The molecule has 0 aliphatic carbocycles. The molecule has 3 heterocycles. The number of anilines is 1. The lowest BCUT2D eigenvalue weighted by Gasteiger charge is -2.26.